The lowest BCUT2D eigenvalue weighted by Gasteiger charge is -2.16. The Morgan fingerprint density at radius 2 is 1.86 bits per heavy atom. The average molecular weight is 433 g/mol. The van der Waals surface area contributed by atoms with Crippen molar-refractivity contribution in [1.82, 2.24) is 14.9 Å². The number of anilines is 1. The lowest BCUT2D eigenvalue weighted by atomic mass is 10.2. The minimum atomic E-state index is -4.66. The van der Waals surface area contributed by atoms with Crippen LogP contribution in [0.2, 0.25) is 5.02 Å². The number of hydrogen-bond acceptors (Lipinski definition) is 6. The number of rotatable bonds is 8. The molecule has 0 atom stereocenters. The fourth-order valence-electron chi connectivity index (χ4n) is 2.24. The van der Waals surface area contributed by atoms with E-state index in [1.165, 1.54) is 12.4 Å². The molecule has 0 fully saturated rings. The zero-order chi connectivity index (χ0) is 21.6. The van der Waals surface area contributed by atoms with Crippen LogP contribution in [0.3, 0.4) is 0 Å². The summed E-state index contributed by atoms with van der Waals surface area (Å²) in [4.78, 5) is 22.5. The number of nitrogens with zero attached hydrogens (tertiary/aromatic N) is 3. The molecule has 2 rings (SSSR count). The van der Waals surface area contributed by atoms with Gasteiger partial charge in [-0.25, -0.2) is 9.97 Å². The van der Waals surface area contributed by atoms with E-state index in [4.69, 9.17) is 21.1 Å². The maximum atomic E-state index is 13.1. The van der Waals surface area contributed by atoms with Crippen molar-refractivity contribution in [3.05, 3.63) is 40.7 Å². The van der Waals surface area contributed by atoms with Crippen molar-refractivity contribution in [1.29, 1.82) is 0 Å². The van der Waals surface area contributed by atoms with E-state index in [0.29, 0.717) is 6.54 Å². The second-order valence-corrected chi connectivity index (χ2v) is 6.50. The smallest absolute Gasteiger partial charge is 0.417 e. The molecule has 1 aromatic carbocycles. The summed E-state index contributed by atoms with van der Waals surface area (Å²) in [7, 11) is 3.70. The van der Waals surface area contributed by atoms with Gasteiger partial charge in [-0.3, -0.25) is 4.79 Å². The van der Waals surface area contributed by atoms with E-state index >= 15 is 0 Å². The number of aromatic nitrogens is 2. The van der Waals surface area contributed by atoms with E-state index in [0.717, 1.165) is 12.1 Å². The van der Waals surface area contributed by atoms with Crippen LogP contribution in [0.25, 0.3) is 0 Å². The zero-order valence-electron chi connectivity index (χ0n) is 16.0. The van der Waals surface area contributed by atoms with Gasteiger partial charge in [0.2, 0.25) is 11.8 Å². The van der Waals surface area contributed by atoms with Gasteiger partial charge >= 0.3 is 6.18 Å². The van der Waals surface area contributed by atoms with Gasteiger partial charge in [0.25, 0.3) is 5.91 Å². The van der Waals surface area contributed by atoms with Crippen LogP contribution in [0.15, 0.2) is 24.5 Å². The molecular formula is C18H20ClF3N4O3. The second kappa shape index (κ2) is 9.75. The van der Waals surface area contributed by atoms with Gasteiger partial charge in [0.15, 0.2) is 5.56 Å². The molecule has 1 aromatic heterocycles. The highest BCUT2D eigenvalue weighted by Gasteiger charge is 2.33. The molecule has 0 spiro atoms. The number of carbonyl (C=O) groups is 1. The predicted octanol–water partition coefficient (Wildman–Crippen LogP) is 3.74. The third kappa shape index (κ3) is 6.20. The third-order valence-corrected chi connectivity index (χ3v) is 3.92. The summed E-state index contributed by atoms with van der Waals surface area (Å²) in [6.45, 7) is 2.70. The Bertz CT molecular complexity index is 863. The quantitative estimate of drug-likeness (QED) is 0.684. The second-order valence-electron chi connectivity index (χ2n) is 6.09. The summed E-state index contributed by atoms with van der Waals surface area (Å²) in [6, 6.07) is 3.06. The van der Waals surface area contributed by atoms with Crippen LogP contribution in [0.4, 0.5) is 18.9 Å². The number of amides is 1. The molecule has 0 bridgehead atoms. The molecule has 1 heterocycles. The summed E-state index contributed by atoms with van der Waals surface area (Å²) in [6.07, 6.45) is -3.48. The number of benzene rings is 1. The Labute approximate surface area is 170 Å². The Hall–Kier alpha value is -2.59. The fraction of sp³-hybridized carbons (Fsp3) is 0.389. The van der Waals surface area contributed by atoms with Gasteiger partial charge in [0.1, 0.15) is 12.9 Å². The topological polar surface area (TPSA) is 76.6 Å². The minimum Gasteiger partial charge on any atom is -0.477 e. The number of halogens is 4. The molecular weight excluding hydrogens is 413 g/mol. The average Bonchev–Trinajstić information content (AvgIpc) is 2.62. The van der Waals surface area contributed by atoms with Crippen LogP contribution in [0.5, 0.6) is 11.8 Å². The maximum absolute atomic E-state index is 13.1. The van der Waals surface area contributed by atoms with Crippen LogP contribution in [-0.4, -0.2) is 54.6 Å². The number of likely N-dealkylation sites (N-methyl/N-ethyl adjacent to an activating group) is 1. The van der Waals surface area contributed by atoms with Crippen LogP contribution in [-0.2, 0) is 6.18 Å². The van der Waals surface area contributed by atoms with Crippen molar-refractivity contribution in [2.75, 3.05) is 39.2 Å². The Kier molecular flexibility index (Phi) is 7.63. The van der Waals surface area contributed by atoms with Crippen LogP contribution in [0.1, 0.15) is 22.8 Å². The first kappa shape index (κ1) is 22.7. The number of ether oxygens (including phenoxy) is 2. The lowest BCUT2D eigenvalue weighted by Crippen LogP contribution is -2.22. The molecule has 0 aliphatic carbocycles. The molecule has 11 heteroatoms. The number of alkyl halides is 3. The summed E-state index contributed by atoms with van der Waals surface area (Å²) < 4.78 is 50.1. The number of hydrogen-bond donors (Lipinski definition) is 1. The van der Waals surface area contributed by atoms with Crippen LogP contribution in [0, 0.1) is 0 Å². The predicted molar refractivity (Wildman–Crippen MR) is 102 cm³/mol. The highest BCUT2D eigenvalue weighted by molar-refractivity contribution is 6.31. The van der Waals surface area contributed by atoms with Crippen LogP contribution < -0.4 is 14.8 Å². The SMILES string of the molecule is CCOc1ncnc(OCCN(C)C)c1C(=O)Nc1ccc(Cl)c(C(F)(F)F)c1. The molecule has 2 aromatic rings. The van der Waals surface area contributed by atoms with E-state index in [1.807, 2.05) is 19.0 Å². The van der Waals surface area contributed by atoms with Crippen molar-refractivity contribution in [3.63, 3.8) is 0 Å². The van der Waals surface area contributed by atoms with Gasteiger partial charge in [-0.1, -0.05) is 11.6 Å². The molecule has 1 N–H and O–H groups in total. The minimum absolute atomic E-state index is 0.0344. The fourth-order valence-corrected chi connectivity index (χ4v) is 2.47. The monoisotopic (exact) mass is 432 g/mol. The number of nitrogens with one attached hydrogen (secondary N) is 1. The largest absolute Gasteiger partial charge is 0.477 e. The van der Waals surface area contributed by atoms with Crippen molar-refractivity contribution >= 4 is 23.2 Å². The first-order valence-corrected chi connectivity index (χ1v) is 8.94. The maximum Gasteiger partial charge on any atom is 0.417 e. The van der Waals surface area contributed by atoms with Crippen LogP contribution >= 0.6 is 11.6 Å². The Balaban J connectivity index is 2.33. The molecule has 0 radical (unpaired) electrons. The van der Waals surface area contributed by atoms with Crippen molar-refractivity contribution in [2.45, 2.75) is 13.1 Å². The molecule has 0 unspecified atom stereocenters. The zero-order valence-corrected chi connectivity index (χ0v) is 16.8. The van der Waals surface area contributed by atoms with E-state index in [2.05, 4.69) is 15.3 Å². The standard InChI is InChI=1S/C18H20ClF3N4O3/c1-4-28-16-14(17(24-10-23-16)29-8-7-26(2)3)15(27)25-11-5-6-13(19)12(9-11)18(20,21)22/h5-6,9-10H,4,7-8H2,1-3H3,(H,25,27). The summed E-state index contributed by atoms with van der Waals surface area (Å²) in [5.74, 6) is -0.845. The molecule has 0 aliphatic rings. The molecule has 7 nitrogen and oxygen atoms in total. The van der Waals surface area contributed by atoms with Gasteiger partial charge in [-0.2, -0.15) is 13.2 Å². The molecule has 29 heavy (non-hydrogen) atoms. The Morgan fingerprint density at radius 1 is 1.21 bits per heavy atom. The molecule has 0 saturated carbocycles. The van der Waals surface area contributed by atoms with Crippen molar-refractivity contribution < 1.29 is 27.4 Å². The molecule has 0 saturated heterocycles. The van der Waals surface area contributed by atoms with E-state index in [1.54, 1.807) is 6.92 Å². The highest BCUT2D eigenvalue weighted by atomic mass is 35.5. The van der Waals surface area contributed by atoms with Gasteiger partial charge in [-0.05, 0) is 39.2 Å². The van der Waals surface area contributed by atoms with Gasteiger partial charge in [0, 0.05) is 12.2 Å². The first-order chi connectivity index (χ1) is 13.6. The van der Waals surface area contributed by atoms with Gasteiger partial charge in [0.05, 0.1) is 17.2 Å². The summed E-state index contributed by atoms with van der Waals surface area (Å²) in [5.41, 5.74) is -1.28. The molecule has 0 aliphatic heterocycles. The summed E-state index contributed by atoms with van der Waals surface area (Å²) >= 11 is 5.61. The van der Waals surface area contributed by atoms with E-state index in [9.17, 15) is 18.0 Å². The molecule has 158 valence electrons. The first-order valence-electron chi connectivity index (χ1n) is 8.57. The van der Waals surface area contributed by atoms with Crippen molar-refractivity contribution in [3.8, 4) is 11.8 Å². The van der Waals surface area contributed by atoms with E-state index in [-0.39, 0.29) is 36.2 Å². The van der Waals surface area contributed by atoms with E-state index < -0.39 is 22.7 Å². The lowest BCUT2D eigenvalue weighted by molar-refractivity contribution is -0.137. The third-order valence-electron chi connectivity index (χ3n) is 3.59. The van der Waals surface area contributed by atoms with Crippen molar-refractivity contribution in [2.24, 2.45) is 0 Å². The number of carbonyl (C=O) groups excluding carboxylic acids is 1. The molecule has 1 amide bonds. The summed E-state index contributed by atoms with van der Waals surface area (Å²) in [5, 5.41) is 1.92. The highest BCUT2D eigenvalue weighted by Crippen LogP contribution is 2.36. The Morgan fingerprint density at radius 3 is 2.45 bits per heavy atom. The van der Waals surface area contributed by atoms with Gasteiger partial charge < -0.3 is 19.7 Å². The van der Waals surface area contributed by atoms with Gasteiger partial charge in [-0.15, -0.1) is 0 Å². The normalized spacial score (nSPS) is 11.4.